The predicted molar refractivity (Wildman–Crippen MR) is 84.9 cm³/mol. The Balaban J connectivity index is 3.14. The van der Waals surface area contributed by atoms with Crippen molar-refractivity contribution in [1.29, 1.82) is 0 Å². The number of esters is 1. The first-order chi connectivity index (χ1) is 9.95. The van der Waals surface area contributed by atoms with Crippen molar-refractivity contribution in [1.82, 2.24) is 0 Å². The largest absolute Gasteiger partial charge is 0.451 e. The molecular formula is C16H25O4P. The molecule has 0 fully saturated rings. The molecule has 0 amide bonds. The molecule has 1 aromatic carbocycles. The van der Waals surface area contributed by atoms with E-state index >= 15 is 0 Å². The van der Waals surface area contributed by atoms with Crippen molar-refractivity contribution in [3.8, 4) is 0 Å². The Bertz CT molecular complexity index is 484. The van der Waals surface area contributed by atoms with Crippen LogP contribution in [-0.4, -0.2) is 18.4 Å². The second-order valence-corrected chi connectivity index (χ2v) is 7.70. The fourth-order valence-electron chi connectivity index (χ4n) is 2.12. The summed E-state index contributed by atoms with van der Waals surface area (Å²) in [5.74, 6) is -1.17. The zero-order valence-electron chi connectivity index (χ0n) is 13.2. The van der Waals surface area contributed by atoms with Crippen LogP contribution in [0.5, 0.6) is 0 Å². The number of carbonyl (C=O) groups is 1. The van der Waals surface area contributed by atoms with Crippen LogP contribution in [0.2, 0.25) is 0 Å². The zero-order valence-corrected chi connectivity index (χ0v) is 14.1. The third-order valence-electron chi connectivity index (χ3n) is 3.05. The highest BCUT2D eigenvalue weighted by Crippen LogP contribution is 2.53. The molecule has 21 heavy (non-hydrogen) atoms. The van der Waals surface area contributed by atoms with Crippen LogP contribution in [-0.2, 0) is 18.6 Å². The maximum atomic E-state index is 13.4. The average molecular weight is 312 g/mol. The molecule has 2 atom stereocenters. The molecule has 0 saturated carbocycles. The van der Waals surface area contributed by atoms with Gasteiger partial charge in [0.15, 0.2) is 5.85 Å². The van der Waals surface area contributed by atoms with E-state index in [0.717, 1.165) is 0 Å². The van der Waals surface area contributed by atoms with E-state index in [2.05, 4.69) is 0 Å². The quantitative estimate of drug-likeness (QED) is 0.539. The maximum absolute atomic E-state index is 13.4. The molecule has 0 saturated heterocycles. The molecule has 0 aliphatic rings. The van der Waals surface area contributed by atoms with Gasteiger partial charge in [-0.3, -0.25) is 9.36 Å². The van der Waals surface area contributed by atoms with E-state index < -0.39 is 13.2 Å². The Morgan fingerprint density at radius 3 is 2.29 bits per heavy atom. The monoisotopic (exact) mass is 312 g/mol. The van der Waals surface area contributed by atoms with E-state index in [1.807, 2.05) is 39.0 Å². The van der Waals surface area contributed by atoms with Crippen LogP contribution in [0.1, 0.15) is 40.5 Å². The first-order valence-electron chi connectivity index (χ1n) is 7.45. The van der Waals surface area contributed by atoms with Crippen molar-refractivity contribution in [2.75, 3.05) is 6.61 Å². The molecule has 0 aliphatic heterocycles. The van der Waals surface area contributed by atoms with Crippen molar-refractivity contribution >= 4 is 18.6 Å². The van der Waals surface area contributed by atoms with Gasteiger partial charge in [-0.1, -0.05) is 39.0 Å². The number of carbonyl (C=O) groups excluding carboxylic acids is 1. The molecule has 0 aliphatic carbocycles. The summed E-state index contributed by atoms with van der Waals surface area (Å²) in [6.45, 7) is 7.78. The highest BCUT2D eigenvalue weighted by atomic mass is 31.2. The van der Waals surface area contributed by atoms with E-state index in [9.17, 15) is 9.36 Å². The van der Waals surface area contributed by atoms with E-state index in [4.69, 9.17) is 9.26 Å². The van der Waals surface area contributed by atoms with Gasteiger partial charge in [0.2, 0.25) is 0 Å². The van der Waals surface area contributed by atoms with E-state index in [-0.39, 0.29) is 11.9 Å². The standard InChI is InChI=1S/C16H25O4P/c1-5-10-15(17)20-16(13(3)4)21(18,19-6-2)14-11-8-7-9-12-14/h7-9,11-13,16H,5-6,10H2,1-4H3/t16-,21?/m1/s1. The van der Waals surface area contributed by atoms with E-state index in [0.29, 0.717) is 24.8 Å². The van der Waals surface area contributed by atoms with Gasteiger partial charge < -0.3 is 9.26 Å². The lowest BCUT2D eigenvalue weighted by molar-refractivity contribution is -0.147. The normalized spacial score (nSPS) is 15.5. The van der Waals surface area contributed by atoms with Gasteiger partial charge in [0.25, 0.3) is 7.37 Å². The summed E-state index contributed by atoms with van der Waals surface area (Å²) in [4.78, 5) is 11.8. The SMILES string of the molecule is CCCC(=O)O[C@@H](C(C)C)P(=O)(OCC)c1ccccc1. The summed E-state index contributed by atoms with van der Waals surface area (Å²) >= 11 is 0. The van der Waals surface area contributed by atoms with Crippen molar-refractivity contribution in [2.45, 2.75) is 46.4 Å². The number of benzene rings is 1. The van der Waals surface area contributed by atoms with E-state index in [1.165, 1.54) is 0 Å². The molecular weight excluding hydrogens is 287 g/mol. The Labute approximate surface area is 127 Å². The van der Waals surface area contributed by atoms with Crippen LogP contribution in [0.3, 0.4) is 0 Å². The Morgan fingerprint density at radius 2 is 1.81 bits per heavy atom. The van der Waals surface area contributed by atoms with Crippen LogP contribution in [0.4, 0.5) is 0 Å². The third-order valence-corrected chi connectivity index (χ3v) is 6.08. The minimum Gasteiger partial charge on any atom is -0.451 e. The van der Waals surface area contributed by atoms with Gasteiger partial charge in [-0.2, -0.15) is 0 Å². The van der Waals surface area contributed by atoms with Gasteiger partial charge in [-0.25, -0.2) is 0 Å². The Morgan fingerprint density at radius 1 is 1.19 bits per heavy atom. The summed E-state index contributed by atoms with van der Waals surface area (Å²) in [5, 5.41) is 0.592. The summed E-state index contributed by atoms with van der Waals surface area (Å²) < 4.78 is 24.5. The molecule has 1 aromatic rings. The summed E-state index contributed by atoms with van der Waals surface area (Å²) in [6.07, 6.45) is 1.03. The second-order valence-electron chi connectivity index (χ2n) is 5.22. The zero-order chi connectivity index (χ0) is 15.9. The number of hydrogen-bond acceptors (Lipinski definition) is 4. The van der Waals surface area contributed by atoms with Crippen molar-refractivity contribution in [3.05, 3.63) is 30.3 Å². The second kappa shape index (κ2) is 8.35. The predicted octanol–water partition coefficient (Wildman–Crippen LogP) is 3.95. The molecule has 0 bridgehead atoms. The summed E-state index contributed by atoms with van der Waals surface area (Å²) in [6, 6.07) is 9.00. The fraction of sp³-hybridized carbons (Fsp3) is 0.562. The minimum absolute atomic E-state index is 0.0941. The van der Waals surface area contributed by atoms with Crippen molar-refractivity contribution in [3.63, 3.8) is 0 Å². The minimum atomic E-state index is -3.26. The molecule has 118 valence electrons. The lowest BCUT2D eigenvalue weighted by Gasteiger charge is -2.30. The van der Waals surface area contributed by atoms with Crippen LogP contribution in [0, 0.1) is 5.92 Å². The molecule has 0 radical (unpaired) electrons. The van der Waals surface area contributed by atoms with Gasteiger partial charge in [-0.05, 0) is 25.5 Å². The van der Waals surface area contributed by atoms with Gasteiger partial charge in [0.1, 0.15) is 0 Å². The van der Waals surface area contributed by atoms with Gasteiger partial charge in [-0.15, -0.1) is 0 Å². The number of hydrogen-bond donors (Lipinski definition) is 0. The van der Waals surface area contributed by atoms with Crippen LogP contribution in [0.15, 0.2) is 30.3 Å². The molecule has 0 aromatic heterocycles. The first kappa shape index (κ1) is 17.9. The Hall–Kier alpha value is -1.12. The average Bonchev–Trinajstić information content (AvgIpc) is 2.46. The highest BCUT2D eigenvalue weighted by Gasteiger charge is 2.41. The van der Waals surface area contributed by atoms with Crippen LogP contribution >= 0.6 is 7.37 Å². The van der Waals surface area contributed by atoms with Gasteiger partial charge in [0, 0.05) is 17.6 Å². The van der Waals surface area contributed by atoms with Gasteiger partial charge >= 0.3 is 5.97 Å². The van der Waals surface area contributed by atoms with Gasteiger partial charge in [0.05, 0.1) is 6.61 Å². The first-order valence-corrected chi connectivity index (χ1v) is 9.14. The lowest BCUT2D eigenvalue weighted by Crippen LogP contribution is -2.29. The smallest absolute Gasteiger partial charge is 0.306 e. The molecule has 4 nitrogen and oxygen atoms in total. The molecule has 0 heterocycles. The van der Waals surface area contributed by atoms with Crippen LogP contribution < -0.4 is 5.30 Å². The summed E-state index contributed by atoms with van der Waals surface area (Å²) in [5.41, 5.74) is 0. The number of ether oxygens (including phenoxy) is 1. The maximum Gasteiger partial charge on any atom is 0.306 e. The Kier molecular flexibility index (Phi) is 7.13. The summed E-state index contributed by atoms with van der Waals surface area (Å²) in [7, 11) is -3.26. The topological polar surface area (TPSA) is 52.6 Å². The van der Waals surface area contributed by atoms with Crippen molar-refractivity contribution < 1.29 is 18.6 Å². The fourth-order valence-corrected chi connectivity index (χ4v) is 4.72. The van der Waals surface area contributed by atoms with Crippen LogP contribution in [0.25, 0.3) is 0 Å². The highest BCUT2D eigenvalue weighted by molar-refractivity contribution is 7.67. The molecule has 1 rings (SSSR count). The van der Waals surface area contributed by atoms with Crippen molar-refractivity contribution in [2.24, 2.45) is 5.92 Å². The molecule has 1 unspecified atom stereocenters. The third kappa shape index (κ3) is 4.69. The molecule has 5 heteroatoms. The molecule has 0 N–H and O–H groups in total. The van der Waals surface area contributed by atoms with E-state index in [1.54, 1.807) is 19.1 Å². The molecule has 0 spiro atoms. The lowest BCUT2D eigenvalue weighted by atomic mass is 10.2. The number of rotatable bonds is 8.